The van der Waals surface area contributed by atoms with Crippen molar-refractivity contribution in [2.24, 2.45) is 5.92 Å². The summed E-state index contributed by atoms with van der Waals surface area (Å²) >= 11 is 3.00. The molecule has 0 saturated heterocycles. The third-order valence-electron chi connectivity index (χ3n) is 2.38. The van der Waals surface area contributed by atoms with Gasteiger partial charge in [-0.25, -0.2) is 9.59 Å². The van der Waals surface area contributed by atoms with Gasteiger partial charge in [0, 0.05) is 0 Å². The number of alkyl halides is 1. The Bertz CT molecular complexity index is 323. The van der Waals surface area contributed by atoms with E-state index in [4.69, 9.17) is 14.2 Å². The first-order chi connectivity index (χ1) is 8.85. The Morgan fingerprint density at radius 2 is 1.32 bits per heavy atom. The van der Waals surface area contributed by atoms with Crippen molar-refractivity contribution in [1.29, 1.82) is 0 Å². The first-order valence-electron chi connectivity index (χ1n) is 6.06. The molecule has 0 saturated carbocycles. The molecule has 0 aliphatic heterocycles. The Balaban J connectivity index is 5.31. The van der Waals surface area contributed by atoms with Crippen LogP contribution >= 0.6 is 15.9 Å². The number of rotatable bonds is 7. The van der Waals surface area contributed by atoms with E-state index in [0.29, 0.717) is 0 Å². The zero-order chi connectivity index (χ0) is 15.1. The van der Waals surface area contributed by atoms with Crippen LogP contribution in [0.5, 0.6) is 0 Å². The first kappa shape index (κ1) is 17.9. The van der Waals surface area contributed by atoms with Crippen LogP contribution in [0, 0.1) is 5.92 Å². The SMILES string of the molecule is CCOC(=O)C(C)C(Br)(C(=O)OCC)C(=O)OCC. The van der Waals surface area contributed by atoms with Crippen LogP contribution in [-0.2, 0) is 28.6 Å². The summed E-state index contributed by atoms with van der Waals surface area (Å²) in [5.74, 6) is -3.48. The molecule has 110 valence electrons. The van der Waals surface area contributed by atoms with Gasteiger partial charge < -0.3 is 14.2 Å². The summed E-state index contributed by atoms with van der Waals surface area (Å²) in [4.78, 5) is 35.6. The van der Waals surface area contributed by atoms with Crippen molar-refractivity contribution in [3.05, 3.63) is 0 Å². The molecular weight excluding hydrogens is 320 g/mol. The van der Waals surface area contributed by atoms with Crippen LogP contribution in [0.15, 0.2) is 0 Å². The van der Waals surface area contributed by atoms with Gasteiger partial charge in [-0.3, -0.25) is 4.79 Å². The second-order valence-corrected chi connectivity index (χ2v) is 4.88. The zero-order valence-electron chi connectivity index (χ0n) is 11.5. The maximum atomic E-state index is 12.0. The molecule has 1 unspecified atom stereocenters. The Labute approximate surface area is 120 Å². The molecule has 7 heteroatoms. The second kappa shape index (κ2) is 8.14. The predicted octanol–water partition coefficient (Wildman–Crippen LogP) is 1.45. The van der Waals surface area contributed by atoms with Gasteiger partial charge in [0.1, 0.15) is 0 Å². The maximum Gasteiger partial charge on any atom is 0.335 e. The average molecular weight is 339 g/mol. The van der Waals surface area contributed by atoms with E-state index in [-0.39, 0.29) is 19.8 Å². The van der Waals surface area contributed by atoms with Gasteiger partial charge >= 0.3 is 17.9 Å². The largest absolute Gasteiger partial charge is 0.466 e. The molecule has 0 amide bonds. The minimum atomic E-state index is -1.88. The molecule has 0 aromatic heterocycles. The van der Waals surface area contributed by atoms with Crippen LogP contribution in [0.2, 0.25) is 0 Å². The second-order valence-electron chi connectivity index (χ2n) is 3.63. The quantitative estimate of drug-likeness (QED) is 0.302. The lowest BCUT2D eigenvalue weighted by molar-refractivity contribution is -0.167. The Morgan fingerprint density at radius 3 is 1.63 bits per heavy atom. The van der Waals surface area contributed by atoms with E-state index in [9.17, 15) is 14.4 Å². The number of hydrogen-bond acceptors (Lipinski definition) is 6. The molecule has 0 aliphatic rings. The van der Waals surface area contributed by atoms with Crippen molar-refractivity contribution in [1.82, 2.24) is 0 Å². The average Bonchev–Trinajstić information content (AvgIpc) is 2.37. The number of ether oxygens (including phenoxy) is 3. The van der Waals surface area contributed by atoms with E-state index in [0.717, 1.165) is 0 Å². The Hall–Kier alpha value is -1.11. The van der Waals surface area contributed by atoms with Crippen molar-refractivity contribution < 1.29 is 28.6 Å². The molecule has 0 aromatic rings. The number of carbonyl (C=O) groups is 3. The highest BCUT2D eigenvalue weighted by molar-refractivity contribution is 9.10. The minimum absolute atomic E-state index is 0.0845. The van der Waals surface area contributed by atoms with Crippen molar-refractivity contribution in [3.63, 3.8) is 0 Å². The van der Waals surface area contributed by atoms with E-state index in [1.807, 2.05) is 0 Å². The van der Waals surface area contributed by atoms with E-state index >= 15 is 0 Å². The van der Waals surface area contributed by atoms with Gasteiger partial charge in [0.25, 0.3) is 0 Å². The lowest BCUT2D eigenvalue weighted by atomic mass is 9.94. The van der Waals surface area contributed by atoms with Crippen LogP contribution in [0.3, 0.4) is 0 Å². The summed E-state index contributed by atoms with van der Waals surface area (Å²) in [5, 5.41) is 0. The number of carbonyl (C=O) groups excluding carboxylic acids is 3. The molecule has 0 radical (unpaired) electrons. The van der Waals surface area contributed by atoms with Gasteiger partial charge in [-0.05, 0) is 27.7 Å². The summed E-state index contributed by atoms with van der Waals surface area (Å²) in [5.41, 5.74) is 0. The fourth-order valence-corrected chi connectivity index (χ4v) is 1.75. The summed E-state index contributed by atoms with van der Waals surface area (Å²) < 4.78 is 12.6. The summed E-state index contributed by atoms with van der Waals surface area (Å²) in [7, 11) is 0. The van der Waals surface area contributed by atoms with E-state index in [1.54, 1.807) is 20.8 Å². The van der Waals surface area contributed by atoms with Crippen LogP contribution in [0.25, 0.3) is 0 Å². The molecule has 0 fully saturated rings. The molecule has 0 aromatic carbocycles. The number of esters is 3. The van der Waals surface area contributed by atoms with Crippen molar-refractivity contribution in [2.75, 3.05) is 19.8 Å². The number of hydrogen-bond donors (Lipinski definition) is 0. The van der Waals surface area contributed by atoms with Gasteiger partial charge in [0.15, 0.2) is 0 Å². The lowest BCUT2D eigenvalue weighted by Crippen LogP contribution is -2.51. The Morgan fingerprint density at radius 1 is 0.947 bits per heavy atom. The standard InChI is InChI=1S/C12H19BrO6/c1-5-17-9(14)8(4)12(13,10(15)18-6-2)11(16)19-7-3/h8H,5-7H2,1-4H3. The fraction of sp³-hybridized carbons (Fsp3) is 0.750. The molecular formula is C12H19BrO6. The Kier molecular flexibility index (Phi) is 7.66. The highest BCUT2D eigenvalue weighted by Gasteiger charge is 2.54. The molecule has 0 aliphatic carbocycles. The monoisotopic (exact) mass is 338 g/mol. The van der Waals surface area contributed by atoms with Crippen molar-refractivity contribution >= 4 is 33.8 Å². The van der Waals surface area contributed by atoms with E-state index in [1.165, 1.54) is 6.92 Å². The molecule has 1 atom stereocenters. The van der Waals surface area contributed by atoms with E-state index in [2.05, 4.69) is 15.9 Å². The smallest absolute Gasteiger partial charge is 0.335 e. The lowest BCUT2D eigenvalue weighted by Gasteiger charge is -2.27. The van der Waals surface area contributed by atoms with Gasteiger partial charge in [0.2, 0.25) is 4.32 Å². The van der Waals surface area contributed by atoms with Gasteiger partial charge in [0.05, 0.1) is 25.7 Å². The minimum Gasteiger partial charge on any atom is -0.466 e. The van der Waals surface area contributed by atoms with Crippen molar-refractivity contribution in [3.8, 4) is 0 Å². The highest BCUT2D eigenvalue weighted by Crippen LogP contribution is 2.32. The van der Waals surface area contributed by atoms with Crippen molar-refractivity contribution in [2.45, 2.75) is 32.0 Å². The molecule has 19 heavy (non-hydrogen) atoms. The molecule has 0 bridgehead atoms. The maximum absolute atomic E-state index is 12.0. The van der Waals surface area contributed by atoms with Crippen LogP contribution in [0.1, 0.15) is 27.7 Å². The van der Waals surface area contributed by atoms with Crippen LogP contribution < -0.4 is 0 Å². The normalized spacial score (nSPS) is 12.5. The summed E-state index contributed by atoms with van der Waals surface area (Å²) in [6.45, 7) is 6.56. The molecule has 0 heterocycles. The van der Waals surface area contributed by atoms with E-state index < -0.39 is 28.2 Å². The number of halogens is 1. The fourth-order valence-electron chi connectivity index (χ4n) is 1.34. The topological polar surface area (TPSA) is 78.9 Å². The molecule has 0 rings (SSSR count). The zero-order valence-corrected chi connectivity index (χ0v) is 13.1. The predicted molar refractivity (Wildman–Crippen MR) is 70.7 cm³/mol. The first-order valence-corrected chi connectivity index (χ1v) is 6.85. The molecule has 0 N–H and O–H groups in total. The third kappa shape index (κ3) is 4.19. The third-order valence-corrected chi connectivity index (χ3v) is 3.72. The highest BCUT2D eigenvalue weighted by atomic mass is 79.9. The van der Waals surface area contributed by atoms with Crippen LogP contribution in [-0.4, -0.2) is 42.1 Å². The van der Waals surface area contributed by atoms with Crippen LogP contribution in [0.4, 0.5) is 0 Å². The molecule has 6 nitrogen and oxygen atoms in total. The summed E-state index contributed by atoms with van der Waals surface area (Å²) in [6.07, 6.45) is 0. The van der Waals surface area contributed by atoms with Gasteiger partial charge in [-0.2, -0.15) is 0 Å². The molecule has 0 spiro atoms. The van der Waals surface area contributed by atoms with Gasteiger partial charge in [-0.1, -0.05) is 15.9 Å². The summed E-state index contributed by atoms with van der Waals surface area (Å²) in [6, 6.07) is 0. The van der Waals surface area contributed by atoms with Gasteiger partial charge in [-0.15, -0.1) is 0 Å².